The summed E-state index contributed by atoms with van der Waals surface area (Å²) in [5.74, 6) is -1.33. The van der Waals surface area contributed by atoms with Crippen LogP contribution in [0.3, 0.4) is 0 Å². The maximum atomic E-state index is 11.2. The molecule has 5 heteroatoms. The van der Waals surface area contributed by atoms with Gasteiger partial charge in [-0.25, -0.2) is 0 Å². The molecular formula is C11H22N2O3. The number of rotatable bonds is 5. The van der Waals surface area contributed by atoms with Gasteiger partial charge in [-0.1, -0.05) is 20.8 Å². The van der Waals surface area contributed by atoms with E-state index in [4.69, 9.17) is 11.5 Å². The molecular weight excluding hydrogens is 208 g/mol. The normalized spacial score (nSPS) is 15.3. The lowest BCUT2D eigenvalue weighted by atomic mass is 9.81. The lowest BCUT2D eigenvalue weighted by Crippen LogP contribution is -2.38. The number of ether oxygens (including phenoxy) is 1. The monoisotopic (exact) mass is 230 g/mol. The SMILES string of the molecule is COC(=O)[C@@H](N)CC(CC(C)(C)C)C(N)=O. The van der Waals surface area contributed by atoms with E-state index in [1.54, 1.807) is 0 Å². The van der Waals surface area contributed by atoms with Crippen molar-refractivity contribution in [3.8, 4) is 0 Å². The highest BCUT2D eigenvalue weighted by Crippen LogP contribution is 2.26. The van der Waals surface area contributed by atoms with Gasteiger partial charge in [-0.3, -0.25) is 9.59 Å². The van der Waals surface area contributed by atoms with Crippen LogP contribution in [0.2, 0.25) is 0 Å². The molecule has 2 atom stereocenters. The minimum atomic E-state index is -0.787. The molecule has 16 heavy (non-hydrogen) atoms. The molecule has 1 unspecified atom stereocenters. The maximum absolute atomic E-state index is 11.2. The molecule has 0 heterocycles. The van der Waals surface area contributed by atoms with Gasteiger partial charge in [-0.15, -0.1) is 0 Å². The van der Waals surface area contributed by atoms with E-state index < -0.39 is 23.8 Å². The van der Waals surface area contributed by atoms with E-state index in [0.717, 1.165) is 0 Å². The Balaban J connectivity index is 4.46. The number of hydrogen-bond donors (Lipinski definition) is 2. The number of hydrogen-bond acceptors (Lipinski definition) is 4. The number of nitrogens with two attached hydrogens (primary N) is 2. The molecule has 0 radical (unpaired) electrons. The second-order valence-corrected chi connectivity index (χ2v) is 5.23. The second-order valence-electron chi connectivity index (χ2n) is 5.23. The highest BCUT2D eigenvalue weighted by atomic mass is 16.5. The van der Waals surface area contributed by atoms with Crippen LogP contribution < -0.4 is 11.5 Å². The summed E-state index contributed by atoms with van der Waals surface area (Å²) in [6.07, 6.45) is 0.840. The topological polar surface area (TPSA) is 95.4 Å². The van der Waals surface area contributed by atoms with E-state index in [-0.39, 0.29) is 11.8 Å². The third-order valence-electron chi connectivity index (χ3n) is 2.30. The van der Waals surface area contributed by atoms with E-state index in [1.165, 1.54) is 7.11 Å². The van der Waals surface area contributed by atoms with Gasteiger partial charge in [0.25, 0.3) is 0 Å². The Kier molecular flexibility index (Phi) is 5.44. The van der Waals surface area contributed by atoms with Gasteiger partial charge < -0.3 is 16.2 Å². The molecule has 0 spiro atoms. The Morgan fingerprint density at radius 1 is 1.31 bits per heavy atom. The third kappa shape index (κ3) is 5.70. The van der Waals surface area contributed by atoms with Crippen LogP contribution in [0, 0.1) is 11.3 Å². The maximum Gasteiger partial charge on any atom is 0.322 e. The van der Waals surface area contributed by atoms with Crippen molar-refractivity contribution in [2.24, 2.45) is 22.8 Å². The van der Waals surface area contributed by atoms with Crippen molar-refractivity contribution < 1.29 is 14.3 Å². The smallest absolute Gasteiger partial charge is 0.322 e. The number of primary amides is 1. The van der Waals surface area contributed by atoms with Gasteiger partial charge in [-0.05, 0) is 18.3 Å². The zero-order chi connectivity index (χ0) is 12.9. The average Bonchev–Trinajstić information content (AvgIpc) is 2.13. The number of esters is 1. The molecule has 0 fully saturated rings. The molecule has 4 N–H and O–H groups in total. The van der Waals surface area contributed by atoms with Crippen molar-refractivity contribution in [2.45, 2.75) is 39.7 Å². The van der Waals surface area contributed by atoms with Crippen molar-refractivity contribution in [1.82, 2.24) is 0 Å². The molecule has 0 saturated carbocycles. The molecule has 0 aromatic rings. The Bertz CT molecular complexity index is 258. The summed E-state index contributed by atoms with van der Waals surface area (Å²) in [5, 5.41) is 0. The molecule has 0 rings (SSSR count). The van der Waals surface area contributed by atoms with Crippen LogP contribution in [0.5, 0.6) is 0 Å². The number of carbonyl (C=O) groups excluding carboxylic acids is 2. The van der Waals surface area contributed by atoms with Crippen LogP contribution in [0.1, 0.15) is 33.6 Å². The van der Waals surface area contributed by atoms with E-state index in [9.17, 15) is 9.59 Å². The zero-order valence-electron chi connectivity index (χ0n) is 10.4. The average molecular weight is 230 g/mol. The van der Waals surface area contributed by atoms with E-state index in [1.807, 2.05) is 20.8 Å². The van der Waals surface area contributed by atoms with Crippen molar-refractivity contribution in [1.29, 1.82) is 0 Å². The lowest BCUT2D eigenvalue weighted by molar-refractivity contribution is -0.142. The first-order valence-corrected chi connectivity index (χ1v) is 5.30. The highest BCUT2D eigenvalue weighted by Gasteiger charge is 2.27. The Morgan fingerprint density at radius 3 is 2.12 bits per heavy atom. The number of carbonyl (C=O) groups is 2. The molecule has 5 nitrogen and oxygen atoms in total. The fourth-order valence-electron chi connectivity index (χ4n) is 1.59. The van der Waals surface area contributed by atoms with Gasteiger partial charge in [-0.2, -0.15) is 0 Å². The van der Waals surface area contributed by atoms with Gasteiger partial charge in [0, 0.05) is 5.92 Å². The highest BCUT2D eigenvalue weighted by molar-refractivity contribution is 5.79. The minimum Gasteiger partial charge on any atom is -0.468 e. The van der Waals surface area contributed by atoms with Gasteiger partial charge in [0.15, 0.2) is 0 Å². The van der Waals surface area contributed by atoms with Crippen LogP contribution in [0.4, 0.5) is 0 Å². The largest absolute Gasteiger partial charge is 0.468 e. The van der Waals surface area contributed by atoms with Gasteiger partial charge in [0.2, 0.25) is 5.91 Å². The molecule has 0 aromatic heterocycles. The first kappa shape index (κ1) is 14.9. The fraction of sp³-hybridized carbons (Fsp3) is 0.818. The first-order chi connectivity index (χ1) is 7.17. The molecule has 0 aromatic carbocycles. The molecule has 1 amide bonds. The summed E-state index contributed by atoms with van der Waals surface area (Å²) in [6, 6.07) is -0.787. The predicted octanol–water partition coefficient (Wildman–Crippen LogP) is 0.414. The van der Waals surface area contributed by atoms with Crippen molar-refractivity contribution in [3.05, 3.63) is 0 Å². The predicted molar refractivity (Wildman–Crippen MR) is 61.4 cm³/mol. The van der Waals surface area contributed by atoms with Gasteiger partial charge in [0.05, 0.1) is 7.11 Å². The molecule has 0 aliphatic rings. The van der Waals surface area contributed by atoms with E-state index >= 15 is 0 Å². The summed E-state index contributed by atoms with van der Waals surface area (Å²) < 4.78 is 4.51. The molecule has 0 saturated heterocycles. The molecule has 0 bridgehead atoms. The second kappa shape index (κ2) is 5.84. The van der Waals surface area contributed by atoms with Crippen molar-refractivity contribution in [3.63, 3.8) is 0 Å². The third-order valence-corrected chi connectivity index (χ3v) is 2.30. The van der Waals surface area contributed by atoms with E-state index in [2.05, 4.69) is 4.74 Å². The Hall–Kier alpha value is -1.10. The molecule has 0 aliphatic carbocycles. The summed E-state index contributed by atoms with van der Waals surface area (Å²) in [4.78, 5) is 22.4. The molecule has 94 valence electrons. The van der Waals surface area contributed by atoms with Gasteiger partial charge >= 0.3 is 5.97 Å². The van der Waals surface area contributed by atoms with Crippen molar-refractivity contribution >= 4 is 11.9 Å². The lowest BCUT2D eigenvalue weighted by Gasteiger charge is -2.25. The number of methoxy groups -OCH3 is 1. The summed E-state index contributed by atoms with van der Waals surface area (Å²) in [5.41, 5.74) is 10.9. The summed E-state index contributed by atoms with van der Waals surface area (Å²) in [6.45, 7) is 6.02. The van der Waals surface area contributed by atoms with Crippen LogP contribution in [0.15, 0.2) is 0 Å². The Morgan fingerprint density at radius 2 is 1.81 bits per heavy atom. The van der Waals surface area contributed by atoms with Crippen molar-refractivity contribution in [2.75, 3.05) is 7.11 Å². The van der Waals surface area contributed by atoms with Crippen LogP contribution in [0.25, 0.3) is 0 Å². The van der Waals surface area contributed by atoms with Crippen LogP contribution in [-0.2, 0) is 14.3 Å². The Labute approximate surface area is 96.5 Å². The standard InChI is InChI=1S/C11H22N2O3/c1-11(2,3)6-7(9(13)14)5-8(12)10(15)16-4/h7-8H,5-6,12H2,1-4H3,(H2,13,14)/t7?,8-/m0/s1. The fourth-order valence-corrected chi connectivity index (χ4v) is 1.59. The quantitative estimate of drug-likeness (QED) is 0.669. The van der Waals surface area contributed by atoms with E-state index in [0.29, 0.717) is 6.42 Å². The summed E-state index contributed by atoms with van der Waals surface area (Å²) in [7, 11) is 1.27. The van der Waals surface area contributed by atoms with Crippen LogP contribution in [-0.4, -0.2) is 25.0 Å². The van der Waals surface area contributed by atoms with Gasteiger partial charge in [0.1, 0.15) is 6.04 Å². The van der Waals surface area contributed by atoms with Crippen LogP contribution >= 0.6 is 0 Å². The first-order valence-electron chi connectivity index (χ1n) is 5.30. The number of amides is 1. The zero-order valence-corrected chi connectivity index (χ0v) is 10.4. The minimum absolute atomic E-state index is 0.0322. The summed E-state index contributed by atoms with van der Waals surface area (Å²) >= 11 is 0. The molecule has 0 aliphatic heterocycles.